The van der Waals surface area contributed by atoms with Crippen LogP contribution in [-0.2, 0) is 0 Å². The van der Waals surface area contributed by atoms with Crippen LogP contribution in [0.15, 0.2) is 40.2 Å². The van der Waals surface area contributed by atoms with Crippen LogP contribution in [0.2, 0.25) is 0 Å². The van der Waals surface area contributed by atoms with E-state index in [2.05, 4.69) is 25.9 Å². The van der Waals surface area contributed by atoms with Gasteiger partial charge >= 0.3 is 5.97 Å². The van der Waals surface area contributed by atoms with Gasteiger partial charge in [0.15, 0.2) is 0 Å². The monoisotopic (exact) mass is 334 g/mol. The minimum Gasteiger partial charge on any atom is -0.475 e. The summed E-state index contributed by atoms with van der Waals surface area (Å²) in [5.41, 5.74) is 2.18. The van der Waals surface area contributed by atoms with Crippen molar-refractivity contribution in [3.63, 3.8) is 0 Å². The third-order valence-corrected chi connectivity index (χ3v) is 4.00. The molecule has 0 saturated carbocycles. The number of fused-ring (bicyclic) bond motifs is 1. The zero-order valence-electron chi connectivity index (χ0n) is 9.50. The Balaban J connectivity index is 2.32. The Morgan fingerprint density at radius 3 is 2.84 bits per heavy atom. The van der Waals surface area contributed by atoms with Gasteiger partial charge in [-0.15, -0.1) is 11.3 Å². The van der Waals surface area contributed by atoms with Crippen molar-refractivity contribution < 1.29 is 9.90 Å². The molecule has 0 unspecified atom stereocenters. The van der Waals surface area contributed by atoms with Gasteiger partial charge in [0, 0.05) is 10.0 Å². The predicted molar refractivity (Wildman–Crippen MR) is 77.5 cm³/mol. The highest BCUT2D eigenvalue weighted by atomic mass is 79.9. The van der Waals surface area contributed by atoms with Crippen LogP contribution < -0.4 is 0 Å². The summed E-state index contributed by atoms with van der Waals surface area (Å²) in [5.74, 6) is -1.30. The quantitative estimate of drug-likeness (QED) is 0.773. The van der Waals surface area contributed by atoms with Gasteiger partial charge < -0.3 is 5.11 Å². The molecule has 94 valence electrons. The molecule has 6 heteroatoms. The molecule has 0 radical (unpaired) electrons. The van der Waals surface area contributed by atoms with Crippen LogP contribution in [-0.4, -0.2) is 21.0 Å². The van der Waals surface area contributed by atoms with E-state index in [9.17, 15) is 4.79 Å². The second-order valence-electron chi connectivity index (χ2n) is 3.85. The van der Waals surface area contributed by atoms with Gasteiger partial charge in [0.25, 0.3) is 0 Å². The normalized spacial score (nSPS) is 10.8. The molecule has 0 bridgehead atoms. The fraction of sp³-hybridized carbons (Fsp3) is 0. The molecule has 0 amide bonds. The van der Waals surface area contributed by atoms with E-state index in [1.807, 2.05) is 29.6 Å². The van der Waals surface area contributed by atoms with Crippen molar-refractivity contribution in [2.24, 2.45) is 0 Å². The van der Waals surface area contributed by atoms with Crippen LogP contribution >= 0.6 is 27.3 Å². The van der Waals surface area contributed by atoms with E-state index < -0.39 is 5.97 Å². The fourth-order valence-electron chi connectivity index (χ4n) is 1.79. The van der Waals surface area contributed by atoms with E-state index in [4.69, 9.17) is 5.11 Å². The molecule has 1 aromatic carbocycles. The first-order valence-corrected chi connectivity index (χ1v) is 7.07. The van der Waals surface area contributed by atoms with Gasteiger partial charge in [-0.25, -0.2) is 14.8 Å². The Kier molecular flexibility index (Phi) is 3.04. The molecule has 2 heterocycles. The van der Waals surface area contributed by atoms with Gasteiger partial charge in [0.05, 0.1) is 15.9 Å². The summed E-state index contributed by atoms with van der Waals surface area (Å²) < 4.78 is 1.81. The standard InChI is InChI=1S/C13H7BrN2O2S/c14-8-3-1-2-7(6-8)10-11-9(4-5-19-11)15-12(16-10)13(17)18/h1-6H,(H,17,18). The van der Waals surface area contributed by atoms with E-state index in [-0.39, 0.29) is 5.82 Å². The molecule has 4 nitrogen and oxygen atoms in total. The number of aromatic carboxylic acids is 1. The second-order valence-corrected chi connectivity index (χ2v) is 5.68. The maximum atomic E-state index is 11.1. The van der Waals surface area contributed by atoms with Crippen molar-refractivity contribution in [3.8, 4) is 11.3 Å². The Bertz CT molecular complexity index is 785. The summed E-state index contributed by atoms with van der Waals surface area (Å²) >= 11 is 4.91. The third-order valence-electron chi connectivity index (χ3n) is 2.59. The SMILES string of the molecule is O=C(O)c1nc(-c2cccc(Br)c2)c2sccc2n1. The van der Waals surface area contributed by atoms with Crippen LogP contribution in [0, 0.1) is 0 Å². The van der Waals surface area contributed by atoms with Gasteiger partial charge in [0.2, 0.25) is 5.82 Å². The average Bonchev–Trinajstić information content (AvgIpc) is 2.85. The average molecular weight is 335 g/mol. The predicted octanol–water partition coefficient (Wildman–Crippen LogP) is 3.82. The van der Waals surface area contributed by atoms with Crippen molar-refractivity contribution in [1.29, 1.82) is 0 Å². The Hall–Kier alpha value is -1.79. The summed E-state index contributed by atoms with van der Waals surface area (Å²) in [7, 11) is 0. The molecule has 2 aromatic heterocycles. The molecular weight excluding hydrogens is 328 g/mol. The summed E-state index contributed by atoms with van der Waals surface area (Å²) in [5, 5.41) is 11.0. The number of hydrogen-bond acceptors (Lipinski definition) is 4. The van der Waals surface area contributed by atoms with E-state index in [1.54, 1.807) is 6.07 Å². The lowest BCUT2D eigenvalue weighted by molar-refractivity contribution is 0.0684. The fourth-order valence-corrected chi connectivity index (χ4v) is 3.03. The van der Waals surface area contributed by atoms with Crippen LogP contribution in [0.25, 0.3) is 21.5 Å². The molecule has 0 aliphatic heterocycles. The third kappa shape index (κ3) is 2.24. The molecule has 3 rings (SSSR count). The minimum atomic E-state index is -1.12. The van der Waals surface area contributed by atoms with Crippen molar-refractivity contribution in [2.75, 3.05) is 0 Å². The number of hydrogen-bond donors (Lipinski definition) is 1. The number of halogens is 1. The van der Waals surface area contributed by atoms with Gasteiger partial charge in [-0.2, -0.15) is 0 Å². The molecule has 0 aliphatic carbocycles. The second kappa shape index (κ2) is 4.71. The van der Waals surface area contributed by atoms with E-state index in [0.29, 0.717) is 11.2 Å². The van der Waals surface area contributed by atoms with Crippen LogP contribution in [0.5, 0.6) is 0 Å². The van der Waals surface area contributed by atoms with E-state index in [1.165, 1.54) is 11.3 Å². The molecule has 0 atom stereocenters. The lowest BCUT2D eigenvalue weighted by Gasteiger charge is -2.04. The molecule has 19 heavy (non-hydrogen) atoms. The lowest BCUT2D eigenvalue weighted by Crippen LogP contribution is -2.04. The Labute approximate surface area is 120 Å². The highest BCUT2D eigenvalue weighted by Gasteiger charge is 2.15. The molecule has 0 saturated heterocycles. The lowest BCUT2D eigenvalue weighted by atomic mass is 10.1. The smallest absolute Gasteiger partial charge is 0.373 e. The van der Waals surface area contributed by atoms with Crippen LogP contribution in [0.1, 0.15) is 10.6 Å². The first kappa shape index (κ1) is 12.3. The number of carboxylic acid groups (broad SMARTS) is 1. The largest absolute Gasteiger partial charge is 0.475 e. The van der Waals surface area contributed by atoms with Crippen molar-refractivity contribution in [2.45, 2.75) is 0 Å². The molecule has 0 fully saturated rings. The zero-order chi connectivity index (χ0) is 13.4. The highest BCUT2D eigenvalue weighted by molar-refractivity contribution is 9.10. The summed E-state index contributed by atoms with van der Waals surface area (Å²) in [6.07, 6.45) is 0. The van der Waals surface area contributed by atoms with Crippen LogP contribution in [0.4, 0.5) is 0 Å². The number of carbonyl (C=O) groups is 1. The minimum absolute atomic E-state index is 0.180. The topological polar surface area (TPSA) is 63.1 Å². The Morgan fingerprint density at radius 2 is 2.11 bits per heavy atom. The van der Waals surface area contributed by atoms with Crippen LogP contribution in [0.3, 0.4) is 0 Å². The molecular formula is C13H7BrN2O2S. The van der Waals surface area contributed by atoms with Gasteiger partial charge in [0.1, 0.15) is 0 Å². The van der Waals surface area contributed by atoms with Gasteiger partial charge in [-0.05, 0) is 23.6 Å². The van der Waals surface area contributed by atoms with Crippen molar-refractivity contribution >= 4 is 43.5 Å². The maximum Gasteiger partial charge on any atom is 0.373 e. The van der Waals surface area contributed by atoms with Crippen molar-refractivity contribution in [3.05, 3.63) is 46.0 Å². The molecule has 3 aromatic rings. The first-order chi connectivity index (χ1) is 9.15. The molecule has 0 aliphatic rings. The number of carboxylic acids is 1. The number of aromatic nitrogens is 2. The zero-order valence-corrected chi connectivity index (χ0v) is 11.9. The molecule has 0 spiro atoms. The summed E-state index contributed by atoms with van der Waals surface area (Å²) in [6, 6.07) is 9.41. The first-order valence-electron chi connectivity index (χ1n) is 5.39. The number of nitrogens with zero attached hydrogens (tertiary/aromatic N) is 2. The summed E-state index contributed by atoms with van der Waals surface area (Å²) in [4.78, 5) is 19.3. The number of rotatable bonds is 2. The number of thiophene rings is 1. The maximum absolute atomic E-state index is 11.1. The number of benzene rings is 1. The highest BCUT2D eigenvalue weighted by Crippen LogP contribution is 2.31. The van der Waals surface area contributed by atoms with E-state index in [0.717, 1.165) is 14.7 Å². The molecule has 1 N–H and O–H groups in total. The van der Waals surface area contributed by atoms with E-state index >= 15 is 0 Å². The van der Waals surface area contributed by atoms with Gasteiger partial charge in [-0.1, -0.05) is 28.1 Å². The Morgan fingerprint density at radius 1 is 1.26 bits per heavy atom. The van der Waals surface area contributed by atoms with Gasteiger partial charge in [-0.3, -0.25) is 0 Å². The van der Waals surface area contributed by atoms with Crippen molar-refractivity contribution in [1.82, 2.24) is 9.97 Å². The summed E-state index contributed by atoms with van der Waals surface area (Å²) in [6.45, 7) is 0.